The van der Waals surface area contributed by atoms with Crippen LogP contribution in [0.5, 0.6) is 0 Å². The van der Waals surface area contributed by atoms with Crippen molar-refractivity contribution in [1.29, 1.82) is 0 Å². The van der Waals surface area contributed by atoms with Crippen molar-refractivity contribution in [2.75, 3.05) is 6.61 Å². The summed E-state index contributed by atoms with van der Waals surface area (Å²) in [6, 6.07) is 0. The summed E-state index contributed by atoms with van der Waals surface area (Å²) in [5.41, 5.74) is 0. The summed E-state index contributed by atoms with van der Waals surface area (Å²) in [7, 11) is 0. The van der Waals surface area contributed by atoms with Gasteiger partial charge in [-0.2, -0.15) is 0 Å². The Balaban J connectivity index is 3.90. The third kappa shape index (κ3) is 3.46. The molecule has 0 saturated carbocycles. The molecule has 0 aromatic rings. The van der Waals surface area contributed by atoms with Crippen molar-refractivity contribution < 1.29 is 25.5 Å². The van der Waals surface area contributed by atoms with E-state index in [2.05, 4.69) is 0 Å². The molecular weight excluding hydrogens is 164 g/mol. The zero-order valence-electron chi connectivity index (χ0n) is 6.96. The molecule has 5 heteroatoms. The van der Waals surface area contributed by atoms with Crippen LogP contribution in [-0.4, -0.2) is 56.6 Å². The number of hydrogen-bond acceptors (Lipinski definition) is 5. The second-order valence-corrected chi connectivity index (χ2v) is 2.80. The Kier molecular flexibility index (Phi) is 5.36. The average Bonchev–Trinajstić information content (AvgIpc) is 2.02. The average molecular weight is 180 g/mol. The molecule has 74 valence electrons. The van der Waals surface area contributed by atoms with Crippen molar-refractivity contribution in [3.8, 4) is 0 Å². The maximum absolute atomic E-state index is 9.12. The summed E-state index contributed by atoms with van der Waals surface area (Å²) >= 11 is 0. The molecule has 5 N–H and O–H groups in total. The largest absolute Gasteiger partial charge is 0.396 e. The Labute approximate surface area is 70.9 Å². The first-order valence-corrected chi connectivity index (χ1v) is 3.83. The molecule has 0 bridgehead atoms. The van der Waals surface area contributed by atoms with Crippen LogP contribution in [0.1, 0.15) is 13.3 Å². The molecule has 0 aliphatic heterocycles. The Morgan fingerprint density at radius 2 is 1.50 bits per heavy atom. The minimum atomic E-state index is -1.42. The van der Waals surface area contributed by atoms with Gasteiger partial charge in [-0.1, -0.05) is 0 Å². The predicted octanol–water partition coefficient (Wildman–Crippen LogP) is -2.17. The summed E-state index contributed by atoms with van der Waals surface area (Å²) in [6.07, 6.45) is -5.14. The van der Waals surface area contributed by atoms with Crippen molar-refractivity contribution >= 4 is 0 Å². The van der Waals surface area contributed by atoms with Crippen LogP contribution >= 0.6 is 0 Å². The van der Waals surface area contributed by atoms with E-state index in [1.54, 1.807) is 0 Å². The molecule has 0 fully saturated rings. The maximum Gasteiger partial charge on any atom is 0.108 e. The smallest absolute Gasteiger partial charge is 0.108 e. The number of aliphatic hydroxyl groups excluding tert-OH is 5. The molecule has 1 unspecified atom stereocenters. The lowest BCUT2D eigenvalue weighted by atomic mass is 10.0. The van der Waals surface area contributed by atoms with E-state index in [0.29, 0.717) is 0 Å². The monoisotopic (exact) mass is 180 g/mol. The first kappa shape index (κ1) is 11.8. The van der Waals surface area contributed by atoms with Crippen molar-refractivity contribution in [3.63, 3.8) is 0 Å². The molecule has 4 atom stereocenters. The second kappa shape index (κ2) is 5.45. The summed E-state index contributed by atoms with van der Waals surface area (Å²) < 4.78 is 0. The first-order chi connectivity index (χ1) is 5.50. The number of rotatable bonds is 5. The van der Waals surface area contributed by atoms with Gasteiger partial charge in [-0.3, -0.25) is 0 Å². The molecule has 0 rings (SSSR count). The highest BCUT2D eigenvalue weighted by Gasteiger charge is 2.27. The third-order valence-electron chi connectivity index (χ3n) is 1.66. The fraction of sp³-hybridized carbons (Fsp3) is 1.00. The lowest BCUT2D eigenvalue weighted by Gasteiger charge is -2.24. The van der Waals surface area contributed by atoms with Gasteiger partial charge in [0, 0.05) is 6.61 Å². The van der Waals surface area contributed by atoms with Gasteiger partial charge in [-0.25, -0.2) is 0 Å². The van der Waals surface area contributed by atoms with Crippen LogP contribution in [0.2, 0.25) is 0 Å². The van der Waals surface area contributed by atoms with Gasteiger partial charge in [-0.15, -0.1) is 0 Å². The Hall–Kier alpha value is -0.200. The van der Waals surface area contributed by atoms with Gasteiger partial charge in [0.25, 0.3) is 0 Å². The van der Waals surface area contributed by atoms with E-state index < -0.39 is 24.4 Å². The Bertz CT molecular complexity index is 116. The maximum atomic E-state index is 9.12. The molecule has 12 heavy (non-hydrogen) atoms. The van der Waals surface area contributed by atoms with E-state index in [4.69, 9.17) is 25.5 Å². The highest BCUT2D eigenvalue weighted by molar-refractivity contribution is 4.78. The number of aliphatic hydroxyl groups is 5. The first-order valence-electron chi connectivity index (χ1n) is 3.83. The summed E-state index contributed by atoms with van der Waals surface area (Å²) in [6.45, 7) is 1.03. The minimum Gasteiger partial charge on any atom is -0.396 e. The lowest BCUT2D eigenvalue weighted by molar-refractivity contribution is -0.104. The van der Waals surface area contributed by atoms with Gasteiger partial charge in [0.2, 0.25) is 0 Å². The second-order valence-electron chi connectivity index (χ2n) is 2.80. The van der Waals surface area contributed by atoms with Gasteiger partial charge in [0.15, 0.2) is 0 Å². The van der Waals surface area contributed by atoms with Crippen LogP contribution < -0.4 is 0 Å². The van der Waals surface area contributed by atoms with Gasteiger partial charge >= 0.3 is 0 Å². The molecule has 0 aromatic carbocycles. The van der Waals surface area contributed by atoms with Crippen LogP contribution in [0.15, 0.2) is 0 Å². The van der Waals surface area contributed by atoms with Crippen LogP contribution in [0.4, 0.5) is 0 Å². The van der Waals surface area contributed by atoms with E-state index in [-0.39, 0.29) is 13.0 Å². The minimum absolute atomic E-state index is 0.0229. The molecule has 0 saturated heterocycles. The number of hydrogen-bond donors (Lipinski definition) is 5. The fourth-order valence-corrected chi connectivity index (χ4v) is 0.816. The molecule has 0 aliphatic rings. The standard InChI is InChI=1S/C7H16O5/c1-4(9)6(11)7(12)5(10)2-3-8/h4-12H,2-3H2,1H3/t4-,5-,6?,7+/m1/s1. The van der Waals surface area contributed by atoms with E-state index in [1.165, 1.54) is 6.92 Å². The molecular formula is C7H16O5. The van der Waals surface area contributed by atoms with E-state index in [1.807, 2.05) is 0 Å². The predicted molar refractivity (Wildman–Crippen MR) is 41.4 cm³/mol. The molecule has 0 aromatic heterocycles. The Morgan fingerprint density at radius 3 is 1.83 bits per heavy atom. The molecule has 0 radical (unpaired) electrons. The van der Waals surface area contributed by atoms with Gasteiger partial charge < -0.3 is 25.5 Å². The fourth-order valence-electron chi connectivity index (χ4n) is 0.816. The quantitative estimate of drug-likeness (QED) is 0.331. The van der Waals surface area contributed by atoms with Crippen molar-refractivity contribution in [2.45, 2.75) is 37.8 Å². The van der Waals surface area contributed by atoms with Gasteiger partial charge in [-0.05, 0) is 13.3 Å². The molecule has 0 amide bonds. The molecule has 5 nitrogen and oxygen atoms in total. The van der Waals surface area contributed by atoms with Crippen LogP contribution in [0.3, 0.4) is 0 Å². The SMILES string of the molecule is C[C@@H](O)C(O)[C@@H](O)[C@H](O)CCO. The van der Waals surface area contributed by atoms with Gasteiger partial charge in [0.05, 0.1) is 12.2 Å². The van der Waals surface area contributed by atoms with Gasteiger partial charge in [0.1, 0.15) is 12.2 Å². The zero-order chi connectivity index (χ0) is 9.72. The molecule has 0 heterocycles. The van der Waals surface area contributed by atoms with E-state index >= 15 is 0 Å². The lowest BCUT2D eigenvalue weighted by Crippen LogP contribution is -2.43. The highest BCUT2D eigenvalue weighted by Crippen LogP contribution is 2.06. The molecule has 0 spiro atoms. The Morgan fingerprint density at radius 1 is 1.00 bits per heavy atom. The summed E-state index contributed by atoms with van der Waals surface area (Å²) in [4.78, 5) is 0. The summed E-state index contributed by atoms with van der Waals surface area (Å²) in [5, 5.41) is 44.4. The summed E-state index contributed by atoms with van der Waals surface area (Å²) in [5.74, 6) is 0. The normalized spacial score (nSPS) is 21.5. The van der Waals surface area contributed by atoms with Crippen molar-refractivity contribution in [1.82, 2.24) is 0 Å². The van der Waals surface area contributed by atoms with Crippen LogP contribution in [0, 0.1) is 0 Å². The van der Waals surface area contributed by atoms with E-state index in [0.717, 1.165) is 0 Å². The molecule has 0 aliphatic carbocycles. The topological polar surface area (TPSA) is 101 Å². The zero-order valence-corrected chi connectivity index (χ0v) is 6.96. The van der Waals surface area contributed by atoms with Crippen LogP contribution in [-0.2, 0) is 0 Å². The third-order valence-corrected chi connectivity index (χ3v) is 1.66. The van der Waals surface area contributed by atoms with Crippen molar-refractivity contribution in [3.05, 3.63) is 0 Å². The van der Waals surface area contributed by atoms with E-state index in [9.17, 15) is 0 Å². The van der Waals surface area contributed by atoms with Crippen LogP contribution in [0.25, 0.3) is 0 Å². The van der Waals surface area contributed by atoms with Crippen molar-refractivity contribution in [2.24, 2.45) is 0 Å². The highest BCUT2D eigenvalue weighted by atomic mass is 16.4.